The number of hydrogen-bond acceptors (Lipinski definition) is 8. The maximum atomic E-state index is 12.6. The van der Waals surface area contributed by atoms with Crippen molar-refractivity contribution in [1.29, 1.82) is 0 Å². The number of nitrogens with zero attached hydrogens (tertiary/aromatic N) is 1. The Kier molecular flexibility index (Phi) is 13.6. The van der Waals surface area contributed by atoms with E-state index in [4.69, 9.17) is 15.2 Å². The standard InChI is InChI=1S/C28H45N3O5S2/c1-18(2)14-23(27(33)34)31-19(3)25-24(35-16-20-10-8-7-9-11-20)13-12-21(36-25)15-30-26(32)22(29)17-37-38-28(4,5)6/h7-11,18,21-25H,12-17,29H2,1-6H3,(H,30,32)(H,33,34)/t21-,22+,23+,24+,25-/m1/s1. The van der Waals surface area contributed by atoms with E-state index >= 15 is 0 Å². The van der Waals surface area contributed by atoms with E-state index in [1.54, 1.807) is 28.5 Å². The third kappa shape index (κ3) is 12.1. The van der Waals surface area contributed by atoms with Gasteiger partial charge in [0.05, 0.1) is 24.9 Å². The fourth-order valence-corrected chi connectivity index (χ4v) is 6.43. The second-order valence-corrected chi connectivity index (χ2v) is 14.3. The Bertz CT molecular complexity index is 908. The molecule has 0 aromatic heterocycles. The molecule has 10 heteroatoms. The summed E-state index contributed by atoms with van der Waals surface area (Å²) in [5, 5.41) is 12.6. The lowest BCUT2D eigenvalue weighted by molar-refractivity contribution is -0.139. The van der Waals surface area contributed by atoms with E-state index < -0.39 is 24.2 Å². The van der Waals surface area contributed by atoms with Gasteiger partial charge in [-0.25, -0.2) is 4.79 Å². The molecule has 1 aliphatic rings. The number of amides is 1. The van der Waals surface area contributed by atoms with Crippen LogP contribution in [0.4, 0.5) is 0 Å². The molecule has 0 radical (unpaired) electrons. The highest BCUT2D eigenvalue weighted by molar-refractivity contribution is 8.77. The lowest BCUT2D eigenvalue weighted by Crippen LogP contribution is -2.50. The van der Waals surface area contributed by atoms with E-state index in [-0.39, 0.29) is 28.8 Å². The van der Waals surface area contributed by atoms with E-state index in [1.165, 1.54) is 0 Å². The summed E-state index contributed by atoms with van der Waals surface area (Å²) in [6, 6.07) is 8.45. The molecule has 1 heterocycles. The maximum Gasteiger partial charge on any atom is 0.328 e. The van der Waals surface area contributed by atoms with Gasteiger partial charge in [0.25, 0.3) is 0 Å². The minimum absolute atomic E-state index is 0.0964. The fraction of sp³-hybridized carbons (Fsp3) is 0.679. The minimum atomic E-state index is -0.948. The molecule has 0 bridgehead atoms. The molecule has 1 amide bonds. The molecular formula is C28H45N3O5S2. The van der Waals surface area contributed by atoms with E-state index in [0.29, 0.717) is 43.9 Å². The summed E-state index contributed by atoms with van der Waals surface area (Å²) in [4.78, 5) is 29.0. The molecule has 1 aromatic rings. The van der Waals surface area contributed by atoms with Crippen molar-refractivity contribution in [3.8, 4) is 0 Å². The number of carboxylic acids is 1. The molecule has 0 unspecified atom stereocenters. The number of nitrogens with one attached hydrogen (secondary N) is 1. The first kappa shape index (κ1) is 32.6. The normalized spacial score (nSPS) is 22.2. The zero-order chi connectivity index (χ0) is 28.3. The SMILES string of the molecule is CC(=N[C@@H](CC(C)C)C(=O)O)[C@H]1O[C@@H](CNC(=O)[C@@H](N)CSSC(C)(C)C)CC[C@@H]1OCc1ccccc1. The van der Waals surface area contributed by atoms with Crippen molar-refractivity contribution >= 4 is 39.2 Å². The van der Waals surface area contributed by atoms with Gasteiger partial charge in [-0.2, -0.15) is 0 Å². The number of rotatable bonds is 14. The number of carbonyl (C=O) groups is 2. The van der Waals surface area contributed by atoms with Crippen LogP contribution in [-0.4, -0.2) is 70.1 Å². The van der Waals surface area contributed by atoms with Crippen LogP contribution in [0.2, 0.25) is 0 Å². The van der Waals surface area contributed by atoms with Crippen LogP contribution in [-0.2, 0) is 25.7 Å². The quantitative estimate of drug-likeness (QED) is 0.218. The third-order valence-corrected chi connectivity index (χ3v) is 9.28. The van der Waals surface area contributed by atoms with Crippen molar-refractivity contribution in [2.75, 3.05) is 12.3 Å². The highest BCUT2D eigenvalue weighted by Gasteiger charge is 2.35. The second kappa shape index (κ2) is 15.9. The zero-order valence-corrected chi connectivity index (χ0v) is 25.1. The Hall–Kier alpha value is -1.59. The molecule has 38 heavy (non-hydrogen) atoms. The van der Waals surface area contributed by atoms with E-state index in [9.17, 15) is 14.7 Å². The molecule has 0 aliphatic carbocycles. The van der Waals surface area contributed by atoms with Crippen LogP contribution in [0.1, 0.15) is 66.4 Å². The molecule has 0 saturated carbocycles. The minimum Gasteiger partial charge on any atom is -0.480 e. The van der Waals surface area contributed by atoms with Crippen LogP contribution in [0, 0.1) is 5.92 Å². The summed E-state index contributed by atoms with van der Waals surface area (Å²) >= 11 is 0. The van der Waals surface area contributed by atoms with Crippen LogP contribution >= 0.6 is 21.6 Å². The van der Waals surface area contributed by atoms with Crippen molar-refractivity contribution in [2.24, 2.45) is 16.6 Å². The van der Waals surface area contributed by atoms with Gasteiger partial charge in [0.2, 0.25) is 5.91 Å². The first-order valence-corrected chi connectivity index (χ1v) is 15.6. The van der Waals surface area contributed by atoms with Crippen LogP contribution in [0.25, 0.3) is 0 Å². The van der Waals surface area contributed by atoms with Crippen LogP contribution in [0.15, 0.2) is 35.3 Å². The van der Waals surface area contributed by atoms with Crippen molar-refractivity contribution in [3.63, 3.8) is 0 Å². The van der Waals surface area contributed by atoms with Crippen LogP contribution in [0.3, 0.4) is 0 Å². The number of benzene rings is 1. The molecule has 214 valence electrons. The number of ether oxygens (including phenoxy) is 2. The topological polar surface area (TPSA) is 123 Å². The van der Waals surface area contributed by atoms with Gasteiger partial charge in [-0.15, -0.1) is 0 Å². The molecule has 1 aromatic carbocycles. The molecule has 5 atom stereocenters. The Morgan fingerprint density at radius 3 is 2.53 bits per heavy atom. The Morgan fingerprint density at radius 1 is 1.24 bits per heavy atom. The lowest BCUT2D eigenvalue weighted by atomic mass is 9.97. The van der Waals surface area contributed by atoms with Gasteiger partial charge in [-0.3, -0.25) is 9.79 Å². The first-order chi connectivity index (χ1) is 17.9. The number of carboxylic acid groups (broad SMARTS) is 1. The summed E-state index contributed by atoms with van der Waals surface area (Å²) in [5.41, 5.74) is 7.74. The summed E-state index contributed by atoms with van der Waals surface area (Å²) in [7, 11) is 3.30. The van der Waals surface area contributed by atoms with Gasteiger partial charge >= 0.3 is 5.97 Å². The van der Waals surface area contributed by atoms with Gasteiger partial charge < -0.3 is 25.6 Å². The Balaban J connectivity index is 2.04. The largest absolute Gasteiger partial charge is 0.480 e. The van der Waals surface area contributed by atoms with Crippen molar-refractivity contribution in [2.45, 2.75) is 103 Å². The molecule has 2 rings (SSSR count). The number of aliphatic carboxylic acids is 1. The van der Waals surface area contributed by atoms with Crippen molar-refractivity contribution in [3.05, 3.63) is 35.9 Å². The van der Waals surface area contributed by atoms with Gasteiger partial charge in [0.15, 0.2) is 0 Å². The molecular weight excluding hydrogens is 522 g/mol. The first-order valence-electron chi connectivity index (χ1n) is 13.3. The predicted octanol–water partition coefficient (Wildman–Crippen LogP) is 4.70. The Morgan fingerprint density at radius 2 is 1.92 bits per heavy atom. The molecule has 4 N–H and O–H groups in total. The summed E-state index contributed by atoms with van der Waals surface area (Å²) in [5.74, 6) is -0.439. The summed E-state index contributed by atoms with van der Waals surface area (Å²) < 4.78 is 12.7. The van der Waals surface area contributed by atoms with Gasteiger partial charge in [-0.05, 0) is 37.7 Å². The van der Waals surface area contributed by atoms with E-state index in [0.717, 1.165) is 5.56 Å². The average Bonchev–Trinajstić information content (AvgIpc) is 2.85. The van der Waals surface area contributed by atoms with E-state index in [2.05, 4.69) is 31.1 Å². The molecule has 1 saturated heterocycles. The van der Waals surface area contributed by atoms with Crippen LogP contribution < -0.4 is 11.1 Å². The number of hydrogen-bond donors (Lipinski definition) is 3. The highest BCUT2D eigenvalue weighted by atomic mass is 33.1. The fourth-order valence-electron chi connectivity index (χ4n) is 4.01. The third-order valence-electron chi connectivity index (χ3n) is 5.91. The summed E-state index contributed by atoms with van der Waals surface area (Å²) in [6.45, 7) is 12.9. The highest BCUT2D eigenvalue weighted by Crippen LogP contribution is 2.35. The average molecular weight is 568 g/mol. The zero-order valence-electron chi connectivity index (χ0n) is 23.5. The molecule has 8 nitrogen and oxygen atoms in total. The molecule has 0 spiro atoms. The Labute approximate surface area is 235 Å². The predicted molar refractivity (Wildman–Crippen MR) is 158 cm³/mol. The lowest BCUT2D eigenvalue weighted by Gasteiger charge is -2.37. The van der Waals surface area contributed by atoms with Crippen molar-refractivity contribution < 1.29 is 24.2 Å². The summed E-state index contributed by atoms with van der Waals surface area (Å²) in [6.07, 6.45) is 0.822. The number of aliphatic imine (C=N–C) groups is 1. The molecule has 1 fully saturated rings. The van der Waals surface area contributed by atoms with Gasteiger partial charge in [0.1, 0.15) is 12.1 Å². The monoisotopic (exact) mass is 567 g/mol. The van der Waals surface area contributed by atoms with E-state index in [1.807, 2.05) is 44.2 Å². The second-order valence-electron chi connectivity index (χ2n) is 11.2. The smallest absolute Gasteiger partial charge is 0.328 e. The van der Waals surface area contributed by atoms with Gasteiger partial charge in [-0.1, -0.05) is 86.5 Å². The number of carbonyl (C=O) groups excluding carboxylic acids is 1. The van der Waals surface area contributed by atoms with Gasteiger partial charge in [0, 0.05) is 22.8 Å². The molecule has 1 aliphatic heterocycles. The van der Waals surface area contributed by atoms with Crippen LogP contribution in [0.5, 0.6) is 0 Å². The maximum absolute atomic E-state index is 12.6. The van der Waals surface area contributed by atoms with Crippen molar-refractivity contribution in [1.82, 2.24) is 5.32 Å². The number of nitrogens with two attached hydrogens (primary N) is 1.